The maximum atomic E-state index is 12.0. The largest absolute Gasteiger partial charge is 0.479 e. The van der Waals surface area contributed by atoms with Crippen molar-refractivity contribution in [3.8, 4) is 0 Å². The van der Waals surface area contributed by atoms with Crippen molar-refractivity contribution < 1.29 is 23.8 Å². The molecule has 1 fully saturated rings. The fraction of sp³-hybridized carbons (Fsp3) is 0.538. The van der Waals surface area contributed by atoms with Crippen LogP contribution in [0.15, 0.2) is 22.8 Å². The Morgan fingerprint density at radius 1 is 1.55 bits per heavy atom. The minimum absolute atomic E-state index is 0.221. The van der Waals surface area contributed by atoms with Crippen LogP contribution in [0, 0.1) is 0 Å². The summed E-state index contributed by atoms with van der Waals surface area (Å²) in [6.45, 7) is 0.835. The Hall–Kier alpha value is -1.86. The number of furan rings is 1. The average Bonchev–Trinajstić information content (AvgIpc) is 2.89. The van der Waals surface area contributed by atoms with E-state index in [0.717, 1.165) is 0 Å². The number of carbonyl (C=O) groups is 2. The molecule has 1 aliphatic heterocycles. The van der Waals surface area contributed by atoms with Gasteiger partial charge in [-0.25, -0.2) is 4.79 Å². The third-order valence-electron chi connectivity index (χ3n) is 3.20. The first-order chi connectivity index (χ1) is 9.50. The SMILES string of the molecule is CN(C)CCN1C(=O)COC(C(=O)O)C1c1ccco1. The standard InChI is InChI=1S/C13H18N2O5/c1-14(2)5-6-15-10(16)8-20-12(13(17)18)11(15)9-4-3-7-19-9/h3-4,7,11-12H,5-6,8H2,1-2H3,(H,17,18). The van der Waals surface area contributed by atoms with Gasteiger partial charge in [0.15, 0.2) is 6.10 Å². The van der Waals surface area contributed by atoms with E-state index in [2.05, 4.69) is 0 Å². The molecular weight excluding hydrogens is 264 g/mol. The first-order valence-electron chi connectivity index (χ1n) is 6.32. The van der Waals surface area contributed by atoms with Gasteiger partial charge in [0.05, 0.1) is 6.26 Å². The van der Waals surface area contributed by atoms with Crippen LogP contribution in [0.5, 0.6) is 0 Å². The lowest BCUT2D eigenvalue weighted by atomic mass is 10.0. The van der Waals surface area contributed by atoms with Gasteiger partial charge in [0.1, 0.15) is 18.4 Å². The van der Waals surface area contributed by atoms with E-state index in [1.54, 1.807) is 12.1 Å². The molecule has 2 heterocycles. The van der Waals surface area contributed by atoms with Crippen LogP contribution in [0.2, 0.25) is 0 Å². The minimum atomic E-state index is -1.11. The highest BCUT2D eigenvalue weighted by molar-refractivity contribution is 5.82. The normalized spacial score (nSPS) is 23.4. The second kappa shape index (κ2) is 6.06. The maximum Gasteiger partial charge on any atom is 0.335 e. The molecule has 110 valence electrons. The molecule has 7 nitrogen and oxygen atoms in total. The van der Waals surface area contributed by atoms with Gasteiger partial charge in [0.2, 0.25) is 5.91 Å². The molecule has 2 atom stereocenters. The van der Waals surface area contributed by atoms with Crippen molar-refractivity contribution in [2.24, 2.45) is 0 Å². The number of aliphatic carboxylic acids is 1. The van der Waals surface area contributed by atoms with Crippen LogP contribution < -0.4 is 0 Å². The zero-order chi connectivity index (χ0) is 14.7. The van der Waals surface area contributed by atoms with E-state index in [-0.39, 0.29) is 12.5 Å². The molecular formula is C13H18N2O5. The van der Waals surface area contributed by atoms with Crippen LogP contribution in [0.4, 0.5) is 0 Å². The Kier molecular flexibility index (Phi) is 4.41. The third kappa shape index (κ3) is 3.00. The summed E-state index contributed by atoms with van der Waals surface area (Å²) in [5.41, 5.74) is 0. The Labute approximate surface area is 116 Å². The summed E-state index contributed by atoms with van der Waals surface area (Å²) in [4.78, 5) is 26.8. The van der Waals surface area contributed by atoms with Crippen molar-refractivity contribution in [3.63, 3.8) is 0 Å². The van der Waals surface area contributed by atoms with Gasteiger partial charge in [-0.3, -0.25) is 4.79 Å². The molecule has 0 aliphatic carbocycles. The fourth-order valence-electron chi connectivity index (χ4n) is 2.19. The second-order valence-electron chi connectivity index (χ2n) is 4.92. The lowest BCUT2D eigenvalue weighted by molar-refractivity contribution is -0.174. The van der Waals surface area contributed by atoms with Crippen molar-refractivity contribution >= 4 is 11.9 Å². The van der Waals surface area contributed by atoms with Gasteiger partial charge in [0, 0.05) is 13.1 Å². The molecule has 2 rings (SSSR count). The topological polar surface area (TPSA) is 83.2 Å². The van der Waals surface area contributed by atoms with E-state index in [0.29, 0.717) is 18.8 Å². The van der Waals surface area contributed by atoms with Gasteiger partial charge < -0.3 is 24.1 Å². The zero-order valence-electron chi connectivity index (χ0n) is 11.5. The Bertz CT molecular complexity index is 471. The molecule has 1 aromatic heterocycles. The maximum absolute atomic E-state index is 12.0. The number of carboxylic acid groups (broad SMARTS) is 1. The van der Waals surface area contributed by atoms with Crippen molar-refractivity contribution in [3.05, 3.63) is 24.2 Å². The van der Waals surface area contributed by atoms with Crippen molar-refractivity contribution in [2.75, 3.05) is 33.8 Å². The van der Waals surface area contributed by atoms with Crippen LogP contribution in [0.1, 0.15) is 11.8 Å². The lowest BCUT2D eigenvalue weighted by Crippen LogP contribution is -2.53. The van der Waals surface area contributed by atoms with Gasteiger partial charge in [0.25, 0.3) is 0 Å². The number of carbonyl (C=O) groups excluding carboxylic acids is 1. The molecule has 0 radical (unpaired) electrons. The summed E-state index contributed by atoms with van der Waals surface area (Å²) in [7, 11) is 3.78. The molecule has 1 aromatic rings. The number of hydrogen-bond donors (Lipinski definition) is 1. The predicted octanol–water partition coefficient (Wildman–Crippen LogP) is 0.194. The Morgan fingerprint density at radius 3 is 2.85 bits per heavy atom. The summed E-state index contributed by atoms with van der Waals surface area (Å²) in [6, 6.07) is 2.59. The quantitative estimate of drug-likeness (QED) is 0.830. The van der Waals surface area contributed by atoms with Crippen LogP contribution in [-0.4, -0.2) is 66.7 Å². The van der Waals surface area contributed by atoms with Gasteiger partial charge in [-0.05, 0) is 26.2 Å². The van der Waals surface area contributed by atoms with E-state index in [4.69, 9.17) is 9.15 Å². The number of likely N-dealkylation sites (N-methyl/N-ethyl adjacent to an activating group) is 1. The van der Waals surface area contributed by atoms with Gasteiger partial charge in [-0.1, -0.05) is 0 Å². The van der Waals surface area contributed by atoms with E-state index in [1.165, 1.54) is 11.2 Å². The zero-order valence-corrected chi connectivity index (χ0v) is 11.5. The lowest BCUT2D eigenvalue weighted by Gasteiger charge is -2.38. The molecule has 20 heavy (non-hydrogen) atoms. The van der Waals surface area contributed by atoms with E-state index >= 15 is 0 Å². The highest BCUT2D eigenvalue weighted by Gasteiger charge is 2.43. The average molecular weight is 282 g/mol. The molecule has 1 amide bonds. The fourth-order valence-corrected chi connectivity index (χ4v) is 2.19. The highest BCUT2D eigenvalue weighted by Crippen LogP contribution is 2.30. The molecule has 2 unspecified atom stereocenters. The van der Waals surface area contributed by atoms with Crippen LogP contribution in [-0.2, 0) is 14.3 Å². The van der Waals surface area contributed by atoms with Gasteiger partial charge in [-0.2, -0.15) is 0 Å². The number of amides is 1. The van der Waals surface area contributed by atoms with Crippen molar-refractivity contribution in [1.29, 1.82) is 0 Å². The number of hydrogen-bond acceptors (Lipinski definition) is 5. The van der Waals surface area contributed by atoms with E-state index in [9.17, 15) is 14.7 Å². The molecule has 1 N–H and O–H groups in total. The van der Waals surface area contributed by atoms with Crippen LogP contribution in [0.25, 0.3) is 0 Å². The molecule has 0 bridgehead atoms. The monoisotopic (exact) mass is 282 g/mol. The van der Waals surface area contributed by atoms with E-state index < -0.39 is 18.1 Å². The van der Waals surface area contributed by atoms with Gasteiger partial charge in [-0.15, -0.1) is 0 Å². The number of morpholine rings is 1. The number of rotatable bonds is 5. The molecule has 1 saturated heterocycles. The summed E-state index contributed by atoms with van der Waals surface area (Å²) < 4.78 is 10.4. The number of ether oxygens (including phenoxy) is 1. The third-order valence-corrected chi connectivity index (χ3v) is 3.20. The molecule has 1 aliphatic rings. The minimum Gasteiger partial charge on any atom is -0.479 e. The predicted molar refractivity (Wildman–Crippen MR) is 69.1 cm³/mol. The first-order valence-corrected chi connectivity index (χ1v) is 6.32. The summed E-state index contributed by atoms with van der Waals surface area (Å²) in [6.07, 6.45) is 0.346. The molecule has 0 aromatic carbocycles. The number of carboxylic acids is 1. The van der Waals surface area contributed by atoms with E-state index in [1.807, 2.05) is 19.0 Å². The molecule has 0 saturated carbocycles. The smallest absolute Gasteiger partial charge is 0.335 e. The van der Waals surface area contributed by atoms with Crippen LogP contribution in [0.3, 0.4) is 0 Å². The Balaban J connectivity index is 2.27. The van der Waals surface area contributed by atoms with Crippen molar-refractivity contribution in [1.82, 2.24) is 9.80 Å². The highest BCUT2D eigenvalue weighted by atomic mass is 16.5. The number of nitrogens with zero attached hydrogens (tertiary/aromatic N) is 2. The summed E-state index contributed by atoms with van der Waals surface area (Å²) in [5.74, 6) is -0.913. The Morgan fingerprint density at radius 2 is 2.30 bits per heavy atom. The molecule has 7 heteroatoms. The van der Waals surface area contributed by atoms with Gasteiger partial charge >= 0.3 is 5.97 Å². The van der Waals surface area contributed by atoms with Crippen LogP contribution >= 0.6 is 0 Å². The first kappa shape index (κ1) is 14.5. The second-order valence-corrected chi connectivity index (χ2v) is 4.92. The van der Waals surface area contributed by atoms with Crippen molar-refractivity contribution in [2.45, 2.75) is 12.1 Å². The summed E-state index contributed by atoms with van der Waals surface area (Å²) >= 11 is 0. The summed E-state index contributed by atoms with van der Waals surface area (Å²) in [5, 5.41) is 9.27. The molecule has 0 spiro atoms.